The van der Waals surface area contributed by atoms with Crippen molar-refractivity contribution in [2.24, 2.45) is 0 Å². The highest BCUT2D eigenvalue weighted by atomic mass is 16.6. The lowest BCUT2D eigenvalue weighted by Crippen LogP contribution is -2.26. The highest BCUT2D eigenvalue weighted by Crippen LogP contribution is 2.32. The highest BCUT2D eigenvalue weighted by Gasteiger charge is 2.17. The van der Waals surface area contributed by atoms with Gasteiger partial charge in [-0.1, -0.05) is 0 Å². The standard InChI is InChI=1S/C20H16N2O5/c1-13(23)21-19(24)12-11-18(14-3-7-16(8-4-14)22(25)26)20(21)15-5-9-17(27-2)10-6-15/h3-12H,1-2H3. The first-order valence-electron chi connectivity index (χ1n) is 8.08. The molecule has 0 spiro atoms. The van der Waals surface area contributed by atoms with Gasteiger partial charge in [0.05, 0.1) is 17.7 Å². The van der Waals surface area contributed by atoms with E-state index in [1.807, 2.05) is 0 Å². The predicted molar refractivity (Wildman–Crippen MR) is 101 cm³/mol. The van der Waals surface area contributed by atoms with Gasteiger partial charge in [-0.05, 0) is 53.6 Å². The third kappa shape index (κ3) is 3.48. The van der Waals surface area contributed by atoms with Crippen molar-refractivity contribution in [3.63, 3.8) is 0 Å². The van der Waals surface area contributed by atoms with Gasteiger partial charge in [-0.3, -0.25) is 19.7 Å². The summed E-state index contributed by atoms with van der Waals surface area (Å²) < 4.78 is 6.25. The molecule has 0 atom stereocenters. The average molecular weight is 364 g/mol. The van der Waals surface area contributed by atoms with Crippen LogP contribution in [0.1, 0.15) is 11.7 Å². The Hall–Kier alpha value is -3.74. The number of hydrogen-bond donors (Lipinski definition) is 0. The number of methoxy groups -OCH3 is 1. The lowest BCUT2D eigenvalue weighted by atomic mass is 9.98. The maximum atomic E-state index is 12.3. The Morgan fingerprint density at radius 2 is 1.56 bits per heavy atom. The van der Waals surface area contributed by atoms with Crippen LogP contribution in [0.4, 0.5) is 5.69 Å². The van der Waals surface area contributed by atoms with Crippen molar-refractivity contribution in [1.29, 1.82) is 0 Å². The number of nitro benzene ring substituents is 1. The zero-order valence-electron chi connectivity index (χ0n) is 14.7. The molecule has 0 bridgehead atoms. The number of ether oxygens (including phenoxy) is 1. The molecule has 7 heteroatoms. The van der Waals surface area contributed by atoms with E-state index in [1.165, 1.54) is 25.1 Å². The first-order valence-corrected chi connectivity index (χ1v) is 8.08. The molecule has 0 aliphatic heterocycles. The molecule has 1 heterocycles. The molecule has 0 unspecified atom stereocenters. The number of hydrogen-bond acceptors (Lipinski definition) is 5. The van der Waals surface area contributed by atoms with Gasteiger partial charge in [0.15, 0.2) is 0 Å². The van der Waals surface area contributed by atoms with E-state index in [9.17, 15) is 19.7 Å². The van der Waals surface area contributed by atoms with Crippen molar-refractivity contribution < 1.29 is 14.5 Å². The van der Waals surface area contributed by atoms with Gasteiger partial charge >= 0.3 is 0 Å². The van der Waals surface area contributed by atoms with E-state index in [4.69, 9.17) is 4.74 Å². The van der Waals surface area contributed by atoms with Crippen LogP contribution >= 0.6 is 0 Å². The van der Waals surface area contributed by atoms with Crippen LogP contribution in [0, 0.1) is 10.1 Å². The molecule has 0 aliphatic carbocycles. The number of carbonyl (C=O) groups excluding carboxylic acids is 1. The Morgan fingerprint density at radius 3 is 2.07 bits per heavy atom. The largest absolute Gasteiger partial charge is 0.497 e. The molecule has 0 N–H and O–H groups in total. The summed E-state index contributed by atoms with van der Waals surface area (Å²) >= 11 is 0. The minimum atomic E-state index is -0.481. The number of rotatable bonds is 4. The highest BCUT2D eigenvalue weighted by molar-refractivity contribution is 5.89. The molecule has 0 radical (unpaired) electrons. The quantitative estimate of drug-likeness (QED) is 0.519. The lowest BCUT2D eigenvalue weighted by Gasteiger charge is -2.16. The lowest BCUT2D eigenvalue weighted by molar-refractivity contribution is -0.384. The summed E-state index contributed by atoms with van der Waals surface area (Å²) in [6.45, 7) is 1.31. The normalized spacial score (nSPS) is 10.4. The molecule has 7 nitrogen and oxygen atoms in total. The van der Waals surface area contributed by atoms with Gasteiger partial charge in [0.25, 0.3) is 11.2 Å². The van der Waals surface area contributed by atoms with Crippen LogP contribution in [-0.4, -0.2) is 22.5 Å². The van der Waals surface area contributed by atoms with Gasteiger partial charge in [0, 0.05) is 30.7 Å². The molecule has 136 valence electrons. The zero-order chi connectivity index (χ0) is 19.6. The molecule has 1 aromatic heterocycles. The molecule has 27 heavy (non-hydrogen) atoms. The van der Waals surface area contributed by atoms with E-state index in [0.29, 0.717) is 28.1 Å². The van der Waals surface area contributed by atoms with Crippen molar-refractivity contribution in [3.05, 3.63) is 81.1 Å². The van der Waals surface area contributed by atoms with Crippen LogP contribution in [0.15, 0.2) is 65.5 Å². The summed E-state index contributed by atoms with van der Waals surface area (Å²) in [5.74, 6) is 0.220. The maximum absolute atomic E-state index is 12.3. The van der Waals surface area contributed by atoms with Crippen LogP contribution in [0.2, 0.25) is 0 Å². The van der Waals surface area contributed by atoms with Gasteiger partial charge in [0.2, 0.25) is 5.91 Å². The first kappa shape index (κ1) is 18.1. The number of benzene rings is 2. The topological polar surface area (TPSA) is 91.4 Å². The monoisotopic (exact) mass is 364 g/mol. The van der Waals surface area contributed by atoms with Crippen LogP contribution in [-0.2, 0) is 0 Å². The van der Waals surface area contributed by atoms with Crippen LogP contribution < -0.4 is 10.3 Å². The number of nitrogens with zero attached hydrogens (tertiary/aromatic N) is 2. The minimum Gasteiger partial charge on any atom is -0.497 e. The van der Waals surface area contributed by atoms with E-state index < -0.39 is 16.4 Å². The fraction of sp³-hybridized carbons (Fsp3) is 0.100. The fourth-order valence-corrected chi connectivity index (χ4v) is 2.88. The van der Waals surface area contributed by atoms with Crippen LogP contribution in [0.5, 0.6) is 5.75 Å². The van der Waals surface area contributed by atoms with Gasteiger partial charge < -0.3 is 4.74 Å². The summed E-state index contributed by atoms with van der Waals surface area (Å²) in [6.07, 6.45) is 0. The number of pyridine rings is 1. The molecule has 0 saturated carbocycles. The van der Waals surface area contributed by atoms with Crippen molar-refractivity contribution in [2.75, 3.05) is 7.11 Å². The predicted octanol–water partition coefficient (Wildman–Crippen LogP) is 3.76. The van der Waals surface area contributed by atoms with Crippen molar-refractivity contribution in [1.82, 2.24) is 4.57 Å². The smallest absolute Gasteiger partial charge is 0.269 e. The molecular weight excluding hydrogens is 348 g/mol. The third-order valence-electron chi connectivity index (χ3n) is 4.16. The second-order valence-corrected chi connectivity index (χ2v) is 5.82. The van der Waals surface area contributed by atoms with Crippen LogP contribution in [0.3, 0.4) is 0 Å². The number of carbonyl (C=O) groups is 1. The average Bonchev–Trinajstić information content (AvgIpc) is 2.67. The molecule has 3 rings (SSSR count). The maximum Gasteiger partial charge on any atom is 0.269 e. The van der Waals surface area contributed by atoms with Gasteiger partial charge in [-0.15, -0.1) is 0 Å². The van der Waals surface area contributed by atoms with Gasteiger partial charge in [-0.2, -0.15) is 0 Å². The summed E-state index contributed by atoms with van der Waals surface area (Å²) in [4.78, 5) is 34.9. The molecule has 2 aromatic carbocycles. The van der Waals surface area contributed by atoms with E-state index in [-0.39, 0.29) is 5.69 Å². The second-order valence-electron chi connectivity index (χ2n) is 5.82. The molecular formula is C20H16N2O5. The minimum absolute atomic E-state index is 0.0374. The van der Waals surface area contributed by atoms with Gasteiger partial charge in [-0.25, -0.2) is 4.57 Å². The molecule has 0 amide bonds. The second kappa shape index (κ2) is 7.25. The van der Waals surface area contributed by atoms with Crippen LogP contribution in [0.25, 0.3) is 22.4 Å². The summed E-state index contributed by atoms with van der Waals surface area (Å²) in [5, 5.41) is 10.9. The van der Waals surface area contributed by atoms with E-state index in [0.717, 1.165) is 4.57 Å². The molecule has 0 saturated heterocycles. The van der Waals surface area contributed by atoms with E-state index in [2.05, 4.69) is 0 Å². The Balaban J connectivity index is 2.27. The Bertz CT molecular complexity index is 1070. The molecule has 0 aliphatic rings. The third-order valence-corrected chi connectivity index (χ3v) is 4.16. The van der Waals surface area contributed by atoms with Crippen molar-refractivity contribution in [2.45, 2.75) is 6.92 Å². The Labute approximate surface area is 154 Å². The summed E-state index contributed by atoms with van der Waals surface area (Å²) in [5.41, 5.74) is 1.86. The number of nitro groups is 1. The van der Waals surface area contributed by atoms with Crippen molar-refractivity contribution in [3.8, 4) is 28.1 Å². The SMILES string of the molecule is COc1ccc(-c2c(-c3ccc([N+](=O)[O-])cc3)ccc(=O)n2C(C)=O)cc1. The van der Waals surface area contributed by atoms with Crippen molar-refractivity contribution >= 4 is 11.6 Å². The summed E-state index contributed by atoms with van der Waals surface area (Å²) in [6, 6.07) is 15.9. The van der Waals surface area contributed by atoms with Gasteiger partial charge in [0.1, 0.15) is 5.75 Å². The number of non-ortho nitro benzene ring substituents is 1. The summed E-state index contributed by atoms with van der Waals surface area (Å²) in [7, 11) is 1.55. The van der Waals surface area contributed by atoms with E-state index >= 15 is 0 Å². The molecule has 0 fully saturated rings. The first-order chi connectivity index (χ1) is 12.9. The number of aromatic nitrogens is 1. The fourth-order valence-electron chi connectivity index (χ4n) is 2.88. The molecule has 3 aromatic rings. The Kier molecular flexibility index (Phi) is 4.85. The zero-order valence-corrected chi connectivity index (χ0v) is 14.7. The Morgan fingerprint density at radius 1 is 0.963 bits per heavy atom. The van der Waals surface area contributed by atoms with E-state index in [1.54, 1.807) is 49.6 Å².